The van der Waals surface area contributed by atoms with Crippen LogP contribution in [0.5, 0.6) is 0 Å². The smallest absolute Gasteiger partial charge is 0.233 e. The van der Waals surface area contributed by atoms with Gasteiger partial charge in [-0.3, -0.25) is 14.4 Å². The van der Waals surface area contributed by atoms with E-state index in [0.29, 0.717) is 34.0 Å². The average Bonchev–Trinajstić information content (AvgIpc) is 3.13. The summed E-state index contributed by atoms with van der Waals surface area (Å²) in [5, 5.41) is 3.97. The molecular formula is C23H24Cl2N4O3S. The van der Waals surface area contributed by atoms with Crippen molar-refractivity contribution in [3.63, 3.8) is 0 Å². The maximum absolute atomic E-state index is 13.2. The van der Waals surface area contributed by atoms with Crippen molar-refractivity contribution in [3.05, 3.63) is 44.3 Å². The standard InChI is InChI=1S/C23H24Cl2N4O3S/c1-26-21(32)22(4-5-22)10-20(31)28-7-6-23(12-28)13-29(16-3-2-14(24)8-15(16)23)19(30)9-18-27-11-17(25)33-18/h2-3,8,11H,4-7,9-10,12-13H2,1H3,(H,26,32). The predicted octanol–water partition coefficient (Wildman–Crippen LogP) is 3.43. The summed E-state index contributed by atoms with van der Waals surface area (Å²) < 4.78 is 0.554. The third-order valence-corrected chi connectivity index (χ3v) is 8.52. The molecule has 3 heterocycles. The SMILES string of the molecule is CNC(=O)C1(CC(=O)N2CCC3(C2)CN(C(=O)Cc2ncc(Cl)s2)c2ccc(Cl)cc23)CC1. The third-order valence-electron chi connectivity index (χ3n) is 7.17. The maximum atomic E-state index is 13.2. The lowest BCUT2D eigenvalue weighted by Gasteiger charge is -2.26. The van der Waals surface area contributed by atoms with Gasteiger partial charge in [-0.25, -0.2) is 4.98 Å². The van der Waals surface area contributed by atoms with Crippen LogP contribution >= 0.6 is 34.5 Å². The number of benzene rings is 1. The molecule has 1 aliphatic carbocycles. The summed E-state index contributed by atoms with van der Waals surface area (Å²) in [6.07, 6.45) is 4.20. The van der Waals surface area contributed by atoms with E-state index in [1.165, 1.54) is 11.3 Å². The number of amides is 3. The summed E-state index contributed by atoms with van der Waals surface area (Å²) in [4.78, 5) is 46.4. The molecule has 3 aliphatic rings. The number of halogens is 2. The van der Waals surface area contributed by atoms with Gasteiger partial charge in [0.15, 0.2) is 0 Å². The van der Waals surface area contributed by atoms with Gasteiger partial charge in [-0.05, 0) is 43.0 Å². The minimum absolute atomic E-state index is 0.00115. The van der Waals surface area contributed by atoms with Crippen LogP contribution in [0.1, 0.15) is 36.3 Å². The summed E-state index contributed by atoms with van der Waals surface area (Å²) in [5.74, 6) is -0.108. The largest absolute Gasteiger partial charge is 0.359 e. The van der Waals surface area contributed by atoms with Gasteiger partial charge in [-0.1, -0.05) is 23.2 Å². The molecule has 2 aromatic rings. The zero-order chi connectivity index (χ0) is 23.4. The summed E-state index contributed by atoms with van der Waals surface area (Å²) in [6.45, 7) is 1.60. The van der Waals surface area contributed by atoms with Gasteiger partial charge in [0.1, 0.15) is 9.34 Å². The van der Waals surface area contributed by atoms with Gasteiger partial charge in [0.2, 0.25) is 17.7 Å². The van der Waals surface area contributed by atoms with Crippen molar-refractivity contribution < 1.29 is 14.4 Å². The normalized spacial score (nSPS) is 22.5. The highest BCUT2D eigenvalue weighted by molar-refractivity contribution is 7.15. The Labute approximate surface area is 206 Å². The topological polar surface area (TPSA) is 82.6 Å². The fourth-order valence-electron chi connectivity index (χ4n) is 5.19. The van der Waals surface area contributed by atoms with Crippen LogP contribution in [0.15, 0.2) is 24.4 Å². The van der Waals surface area contributed by atoms with E-state index in [9.17, 15) is 14.4 Å². The Hall–Kier alpha value is -2.16. The predicted molar refractivity (Wildman–Crippen MR) is 128 cm³/mol. The van der Waals surface area contributed by atoms with E-state index in [-0.39, 0.29) is 36.0 Å². The van der Waals surface area contributed by atoms with E-state index < -0.39 is 5.41 Å². The third kappa shape index (κ3) is 4.02. The lowest BCUT2D eigenvalue weighted by atomic mass is 9.81. The molecule has 0 radical (unpaired) electrons. The van der Waals surface area contributed by atoms with Gasteiger partial charge in [0.05, 0.1) is 18.0 Å². The monoisotopic (exact) mass is 506 g/mol. The van der Waals surface area contributed by atoms with Crippen molar-refractivity contribution in [2.45, 2.75) is 37.5 Å². The van der Waals surface area contributed by atoms with Crippen molar-refractivity contribution in [1.29, 1.82) is 0 Å². The Kier molecular flexibility index (Phi) is 5.66. The Bertz CT molecular complexity index is 1150. The van der Waals surface area contributed by atoms with Crippen molar-refractivity contribution in [2.24, 2.45) is 5.41 Å². The van der Waals surface area contributed by atoms with Crippen LogP contribution in [0.2, 0.25) is 9.36 Å². The molecule has 2 fully saturated rings. The first-order valence-corrected chi connectivity index (χ1v) is 12.5. The van der Waals surface area contributed by atoms with Gasteiger partial charge >= 0.3 is 0 Å². The van der Waals surface area contributed by atoms with Crippen molar-refractivity contribution in [3.8, 4) is 0 Å². The number of likely N-dealkylation sites (tertiary alicyclic amines) is 1. The van der Waals surface area contributed by atoms with E-state index >= 15 is 0 Å². The molecule has 1 spiro atoms. The number of carbonyl (C=O) groups is 3. The number of carbonyl (C=O) groups excluding carboxylic acids is 3. The van der Waals surface area contributed by atoms with E-state index in [0.717, 1.165) is 30.5 Å². The van der Waals surface area contributed by atoms with E-state index in [1.54, 1.807) is 24.2 Å². The molecule has 5 rings (SSSR count). The molecule has 10 heteroatoms. The van der Waals surface area contributed by atoms with Gasteiger partial charge < -0.3 is 15.1 Å². The first-order chi connectivity index (χ1) is 15.7. The van der Waals surface area contributed by atoms with Crippen LogP contribution in [0.4, 0.5) is 5.69 Å². The first kappa shape index (κ1) is 22.6. The molecule has 33 heavy (non-hydrogen) atoms. The highest BCUT2D eigenvalue weighted by atomic mass is 35.5. The summed E-state index contributed by atoms with van der Waals surface area (Å²) in [5.41, 5.74) is 0.930. The number of nitrogens with one attached hydrogen (secondary N) is 1. The second-order valence-corrected chi connectivity index (χ2v) is 11.4. The fraction of sp³-hybridized carbons (Fsp3) is 0.478. The van der Waals surface area contributed by atoms with Gasteiger partial charge in [-0.2, -0.15) is 0 Å². The van der Waals surface area contributed by atoms with Gasteiger partial charge in [0.25, 0.3) is 0 Å². The van der Waals surface area contributed by atoms with Gasteiger partial charge in [0, 0.05) is 49.2 Å². The van der Waals surface area contributed by atoms with Crippen LogP contribution in [0, 0.1) is 5.41 Å². The molecule has 7 nitrogen and oxygen atoms in total. The van der Waals surface area contributed by atoms with Crippen molar-refractivity contribution in [2.75, 3.05) is 31.6 Å². The lowest BCUT2D eigenvalue weighted by molar-refractivity contribution is -0.136. The molecule has 3 amide bonds. The molecule has 2 aliphatic heterocycles. The Morgan fingerprint density at radius 2 is 1.94 bits per heavy atom. The van der Waals surface area contributed by atoms with E-state index in [1.807, 2.05) is 17.0 Å². The van der Waals surface area contributed by atoms with Crippen LogP contribution < -0.4 is 10.2 Å². The number of thiazole rings is 1. The molecule has 0 bridgehead atoms. The summed E-state index contributed by atoms with van der Waals surface area (Å²) in [7, 11) is 1.61. The number of nitrogens with zero attached hydrogens (tertiary/aromatic N) is 3. The Morgan fingerprint density at radius 3 is 2.61 bits per heavy atom. The molecule has 174 valence electrons. The molecule has 1 N–H and O–H groups in total. The molecule has 1 atom stereocenters. The number of rotatable bonds is 5. The second-order valence-electron chi connectivity index (χ2n) is 9.26. The summed E-state index contributed by atoms with van der Waals surface area (Å²) >= 11 is 13.6. The van der Waals surface area contributed by atoms with E-state index in [2.05, 4.69) is 10.3 Å². The fourth-order valence-corrected chi connectivity index (χ4v) is 6.31. The highest BCUT2D eigenvalue weighted by Gasteiger charge is 2.54. The average molecular weight is 507 g/mol. The molecule has 1 saturated carbocycles. The number of aromatic nitrogens is 1. The minimum Gasteiger partial charge on any atom is -0.359 e. The second kappa shape index (κ2) is 8.25. The number of fused-ring (bicyclic) bond motifs is 2. The van der Waals surface area contributed by atoms with Crippen LogP contribution in [-0.4, -0.2) is 54.3 Å². The molecule has 1 aromatic carbocycles. The molecule has 1 unspecified atom stereocenters. The number of hydrogen-bond acceptors (Lipinski definition) is 5. The zero-order valence-electron chi connectivity index (χ0n) is 18.2. The van der Waals surface area contributed by atoms with Crippen molar-refractivity contribution in [1.82, 2.24) is 15.2 Å². The number of hydrogen-bond donors (Lipinski definition) is 1. The quantitative estimate of drug-likeness (QED) is 0.673. The van der Waals surface area contributed by atoms with Gasteiger partial charge in [-0.15, -0.1) is 11.3 Å². The van der Waals surface area contributed by atoms with Crippen molar-refractivity contribution >= 4 is 57.9 Å². The highest BCUT2D eigenvalue weighted by Crippen LogP contribution is 2.51. The Morgan fingerprint density at radius 1 is 1.15 bits per heavy atom. The first-order valence-electron chi connectivity index (χ1n) is 11.0. The number of anilines is 1. The van der Waals surface area contributed by atoms with Crippen LogP contribution in [-0.2, 0) is 26.2 Å². The van der Waals surface area contributed by atoms with Crippen LogP contribution in [0.25, 0.3) is 0 Å². The van der Waals surface area contributed by atoms with E-state index in [4.69, 9.17) is 23.2 Å². The summed E-state index contributed by atoms with van der Waals surface area (Å²) in [6, 6.07) is 5.59. The molecular weight excluding hydrogens is 483 g/mol. The molecule has 1 aromatic heterocycles. The minimum atomic E-state index is -0.546. The Balaban J connectivity index is 1.36. The molecule has 1 saturated heterocycles. The zero-order valence-corrected chi connectivity index (χ0v) is 20.5. The maximum Gasteiger partial charge on any atom is 0.233 e. The van der Waals surface area contributed by atoms with Crippen LogP contribution in [0.3, 0.4) is 0 Å². The lowest BCUT2D eigenvalue weighted by Crippen LogP contribution is -2.41.